The summed E-state index contributed by atoms with van der Waals surface area (Å²) in [5.74, 6) is -1.67. The van der Waals surface area contributed by atoms with Gasteiger partial charge in [0.2, 0.25) is 0 Å². The molecule has 0 aliphatic heterocycles. The first-order chi connectivity index (χ1) is 9.81. The van der Waals surface area contributed by atoms with Gasteiger partial charge in [-0.3, -0.25) is 9.59 Å². The van der Waals surface area contributed by atoms with Gasteiger partial charge in [0, 0.05) is 34.3 Å². The van der Waals surface area contributed by atoms with E-state index >= 15 is 0 Å². The van der Waals surface area contributed by atoms with Crippen LogP contribution in [0.1, 0.15) is 73.1 Å². The molecule has 0 rings (SSSR count). The van der Waals surface area contributed by atoms with Crippen molar-refractivity contribution in [3.63, 3.8) is 0 Å². The van der Waals surface area contributed by atoms with E-state index in [1.807, 2.05) is 0 Å². The van der Waals surface area contributed by atoms with E-state index in [1.165, 1.54) is 38.5 Å². The van der Waals surface area contributed by atoms with Gasteiger partial charge in [-0.2, -0.15) is 0 Å². The van der Waals surface area contributed by atoms with Gasteiger partial charge in [0.05, 0.1) is 0 Å². The summed E-state index contributed by atoms with van der Waals surface area (Å²) in [6, 6.07) is 0. The molecule has 0 bridgehead atoms. The van der Waals surface area contributed by atoms with Crippen molar-refractivity contribution in [2.75, 3.05) is 18.5 Å². The van der Waals surface area contributed by atoms with Crippen molar-refractivity contribution in [2.45, 2.75) is 73.1 Å². The molecule has 0 radical (unpaired) electrons. The Hall–Kier alpha value is 0.0323. The van der Waals surface area contributed by atoms with Crippen LogP contribution >= 0.6 is 7.92 Å². The van der Waals surface area contributed by atoms with E-state index < -0.39 is 11.9 Å². The van der Waals surface area contributed by atoms with E-state index in [0.717, 1.165) is 13.8 Å². The zero-order chi connectivity index (χ0) is 17.1. The first kappa shape index (κ1) is 30.0. The molecule has 0 saturated heterocycles. The summed E-state index contributed by atoms with van der Waals surface area (Å²) < 4.78 is 0. The van der Waals surface area contributed by atoms with Crippen LogP contribution in [-0.4, -0.2) is 40.6 Å². The van der Waals surface area contributed by atoms with Crippen molar-refractivity contribution in [2.24, 2.45) is 0 Å². The molecule has 0 aromatic carbocycles. The molecule has 0 unspecified atom stereocenters. The smallest absolute Gasteiger partial charge is 0.300 e. The van der Waals surface area contributed by atoms with E-state index in [1.54, 1.807) is 18.5 Å². The van der Waals surface area contributed by atoms with Gasteiger partial charge in [-0.25, -0.2) is 0 Å². The normalized spacial score (nSPS) is 8.82. The van der Waals surface area contributed by atoms with Crippen molar-refractivity contribution in [3.8, 4) is 0 Å². The number of carboxylic acids is 2. The Morgan fingerprint density at radius 1 is 0.727 bits per heavy atom. The molecule has 0 fully saturated rings. The molecule has 0 amide bonds. The van der Waals surface area contributed by atoms with E-state index in [0.29, 0.717) is 7.92 Å². The van der Waals surface area contributed by atoms with Gasteiger partial charge in [-0.1, -0.05) is 40.0 Å². The van der Waals surface area contributed by atoms with Crippen molar-refractivity contribution in [1.82, 2.24) is 0 Å². The summed E-state index contributed by atoms with van der Waals surface area (Å²) in [4.78, 5) is 18.0. The quantitative estimate of drug-likeness (QED) is 0.398. The third kappa shape index (κ3) is 50.1. The van der Waals surface area contributed by atoms with E-state index in [2.05, 4.69) is 20.8 Å². The maximum Gasteiger partial charge on any atom is 0.300 e. The zero-order valence-electron chi connectivity index (χ0n) is 14.8. The van der Waals surface area contributed by atoms with Crippen LogP contribution < -0.4 is 0 Å². The Labute approximate surface area is 151 Å². The SMILES string of the molecule is CC(=O)O.CC(=O)O.CCCCP(CCCC)CCCC.[Pd]. The molecule has 0 aromatic heterocycles. The number of rotatable bonds is 9. The second-order valence-electron chi connectivity index (χ2n) is 4.94. The molecule has 0 aliphatic rings. The molecule has 6 heteroatoms. The van der Waals surface area contributed by atoms with Crippen LogP contribution in [0.4, 0.5) is 0 Å². The van der Waals surface area contributed by atoms with Crippen molar-refractivity contribution < 1.29 is 40.2 Å². The Balaban J connectivity index is -0.000000150. The molecule has 0 aliphatic carbocycles. The summed E-state index contributed by atoms with van der Waals surface area (Å²) >= 11 is 0. The Bertz CT molecular complexity index is 199. The first-order valence-electron chi connectivity index (χ1n) is 7.93. The fourth-order valence-corrected chi connectivity index (χ4v) is 4.44. The largest absolute Gasteiger partial charge is 0.481 e. The summed E-state index contributed by atoms with van der Waals surface area (Å²) in [6.07, 6.45) is 13.2. The van der Waals surface area contributed by atoms with E-state index in [4.69, 9.17) is 19.8 Å². The summed E-state index contributed by atoms with van der Waals surface area (Å²) in [5, 5.41) is 14.8. The minimum absolute atomic E-state index is 0. The molecule has 22 heavy (non-hydrogen) atoms. The molecule has 138 valence electrons. The maximum absolute atomic E-state index is 9.00. The van der Waals surface area contributed by atoms with Gasteiger partial charge in [-0.15, -0.1) is 7.92 Å². The summed E-state index contributed by atoms with van der Waals surface area (Å²) in [7, 11) is 0.422. The van der Waals surface area contributed by atoms with Crippen molar-refractivity contribution in [1.29, 1.82) is 0 Å². The number of carbonyl (C=O) groups is 2. The van der Waals surface area contributed by atoms with Crippen LogP contribution in [0.2, 0.25) is 0 Å². The minimum Gasteiger partial charge on any atom is -0.481 e. The first-order valence-corrected chi connectivity index (χ1v) is 9.82. The zero-order valence-corrected chi connectivity index (χ0v) is 17.3. The Morgan fingerprint density at radius 2 is 0.909 bits per heavy atom. The second-order valence-corrected chi connectivity index (χ2v) is 7.62. The van der Waals surface area contributed by atoms with Crippen LogP contribution in [0.25, 0.3) is 0 Å². The number of unbranched alkanes of at least 4 members (excludes halogenated alkanes) is 3. The second kappa shape index (κ2) is 26.0. The standard InChI is InChI=1S/C12H27P.2C2H4O2.Pd/c1-4-7-10-13(11-8-5-2)12-9-6-3;2*1-2(3)4;/h4-12H2,1-3H3;2*1H3,(H,3,4);. The molecule has 0 spiro atoms. The van der Waals surface area contributed by atoms with Crippen molar-refractivity contribution in [3.05, 3.63) is 0 Å². The van der Waals surface area contributed by atoms with Crippen LogP contribution in [0.3, 0.4) is 0 Å². The number of carboxylic acid groups (broad SMARTS) is 2. The van der Waals surface area contributed by atoms with Gasteiger partial charge >= 0.3 is 0 Å². The number of aliphatic carboxylic acids is 2. The minimum atomic E-state index is -0.833. The molecule has 0 atom stereocenters. The Morgan fingerprint density at radius 3 is 1.05 bits per heavy atom. The molecular weight excluding hydrogens is 394 g/mol. The third-order valence-corrected chi connectivity index (χ3v) is 5.33. The topological polar surface area (TPSA) is 74.6 Å². The van der Waals surface area contributed by atoms with Crippen LogP contribution in [0, 0.1) is 0 Å². The predicted octanol–water partition coefficient (Wildman–Crippen LogP) is 5.05. The van der Waals surface area contributed by atoms with Gasteiger partial charge in [0.25, 0.3) is 11.9 Å². The average molecular weight is 429 g/mol. The maximum atomic E-state index is 9.00. The van der Waals surface area contributed by atoms with E-state index in [9.17, 15) is 0 Å². The molecule has 0 heterocycles. The molecule has 4 nitrogen and oxygen atoms in total. The monoisotopic (exact) mass is 428 g/mol. The fourth-order valence-electron chi connectivity index (χ4n) is 1.48. The molecule has 0 aromatic rings. The number of hydrogen-bond donors (Lipinski definition) is 2. The molecular formula is C16H35O4PPd. The van der Waals surface area contributed by atoms with Gasteiger partial charge < -0.3 is 10.2 Å². The summed E-state index contributed by atoms with van der Waals surface area (Å²) in [5.41, 5.74) is 0. The van der Waals surface area contributed by atoms with E-state index in [-0.39, 0.29) is 20.4 Å². The molecule has 2 N–H and O–H groups in total. The van der Waals surface area contributed by atoms with Gasteiger partial charge in [0.15, 0.2) is 0 Å². The van der Waals surface area contributed by atoms with Gasteiger partial charge in [0.1, 0.15) is 0 Å². The van der Waals surface area contributed by atoms with Crippen LogP contribution in [0.15, 0.2) is 0 Å². The Kier molecular flexibility index (Phi) is 35.4. The van der Waals surface area contributed by atoms with Crippen molar-refractivity contribution >= 4 is 19.9 Å². The third-order valence-electron chi connectivity index (χ3n) is 2.48. The fraction of sp³-hybridized carbons (Fsp3) is 0.875. The number of hydrogen-bond acceptors (Lipinski definition) is 2. The summed E-state index contributed by atoms with van der Waals surface area (Å²) in [6.45, 7) is 9.10. The average Bonchev–Trinajstić information content (AvgIpc) is 2.36. The predicted molar refractivity (Wildman–Crippen MR) is 92.9 cm³/mol. The molecule has 0 saturated carbocycles. The van der Waals surface area contributed by atoms with Crippen LogP contribution in [-0.2, 0) is 30.0 Å². The van der Waals surface area contributed by atoms with Gasteiger partial charge in [-0.05, 0) is 37.7 Å². The van der Waals surface area contributed by atoms with Crippen LogP contribution in [0.5, 0.6) is 0 Å².